The Morgan fingerprint density at radius 2 is 2.15 bits per heavy atom. The summed E-state index contributed by atoms with van der Waals surface area (Å²) in [5, 5.41) is 7.73. The lowest BCUT2D eigenvalue weighted by atomic mass is 10.2. The van der Waals surface area contributed by atoms with E-state index >= 15 is 0 Å². The van der Waals surface area contributed by atoms with Gasteiger partial charge in [-0.15, -0.1) is 0 Å². The smallest absolute Gasteiger partial charge is 0.158 e. The molecule has 20 heavy (non-hydrogen) atoms. The minimum Gasteiger partial charge on any atom is -0.313 e. The van der Waals surface area contributed by atoms with Gasteiger partial charge in [0.05, 0.1) is 22.1 Å². The Hall–Kier alpha value is -1.27. The fraction of sp³-hybridized carbons (Fsp3) is 0.429. The molecule has 4 nitrogen and oxygen atoms in total. The number of halogens is 2. The maximum atomic E-state index is 13.4. The molecule has 0 bridgehead atoms. The number of nitrogens with zero attached hydrogens (tertiary/aromatic N) is 3. The van der Waals surface area contributed by atoms with Gasteiger partial charge in [0.15, 0.2) is 5.82 Å². The first-order valence-corrected chi connectivity index (χ1v) is 7.41. The molecular formula is C14H18BrFN4. The minimum absolute atomic E-state index is 0.331. The van der Waals surface area contributed by atoms with Crippen LogP contribution in [0.2, 0.25) is 0 Å². The molecule has 2 aromatic rings. The highest BCUT2D eigenvalue weighted by Crippen LogP contribution is 2.23. The van der Waals surface area contributed by atoms with Crippen LogP contribution in [0.1, 0.15) is 30.3 Å². The average Bonchev–Trinajstić information content (AvgIpc) is 2.67. The number of nitrogens with one attached hydrogen (secondary N) is 1. The molecule has 6 heteroatoms. The molecule has 1 N–H and O–H groups in total. The van der Waals surface area contributed by atoms with Crippen molar-refractivity contribution in [3.63, 3.8) is 0 Å². The summed E-state index contributed by atoms with van der Waals surface area (Å²) in [5.74, 6) is 0.337. The third kappa shape index (κ3) is 3.07. The molecule has 0 saturated carbocycles. The zero-order valence-corrected chi connectivity index (χ0v) is 13.5. The Bertz CT molecular complexity index is 609. The molecule has 0 radical (unpaired) electrons. The van der Waals surface area contributed by atoms with E-state index in [0.29, 0.717) is 12.4 Å². The van der Waals surface area contributed by atoms with Crippen molar-refractivity contribution in [2.75, 3.05) is 6.54 Å². The van der Waals surface area contributed by atoms with Gasteiger partial charge in [-0.25, -0.2) is 14.1 Å². The molecule has 0 amide bonds. The zero-order valence-electron chi connectivity index (χ0n) is 11.9. The molecule has 0 aliphatic carbocycles. The topological polar surface area (TPSA) is 42.7 Å². The van der Waals surface area contributed by atoms with Crippen LogP contribution in [0.5, 0.6) is 0 Å². The van der Waals surface area contributed by atoms with Gasteiger partial charge in [0, 0.05) is 12.1 Å². The predicted molar refractivity (Wildman–Crippen MR) is 80.5 cm³/mol. The maximum Gasteiger partial charge on any atom is 0.158 e. The number of hydrogen-bond acceptors (Lipinski definition) is 3. The van der Waals surface area contributed by atoms with E-state index in [2.05, 4.69) is 38.3 Å². The first-order chi connectivity index (χ1) is 9.54. The van der Waals surface area contributed by atoms with Crippen molar-refractivity contribution in [3.8, 4) is 5.82 Å². The lowest BCUT2D eigenvalue weighted by Gasteiger charge is -2.11. The molecule has 0 aliphatic rings. The van der Waals surface area contributed by atoms with Crippen LogP contribution in [0.25, 0.3) is 5.82 Å². The average molecular weight is 341 g/mol. The van der Waals surface area contributed by atoms with E-state index in [9.17, 15) is 4.39 Å². The molecule has 0 saturated heterocycles. The van der Waals surface area contributed by atoms with Crippen LogP contribution in [0.15, 0.2) is 16.7 Å². The molecule has 0 fully saturated rings. The fourth-order valence-electron chi connectivity index (χ4n) is 2.02. The Labute approximate surface area is 126 Å². The van der Waals surface area contributed by atoms with E-state index in [1.165, 1.54) is 12.3 Å². The molecule has 0 aliphatic heterocycles. The highest BCUT2D eigenvalue weighted by atomic mass is 79.9. The fourth-order valence-corrected chi connectivity index (χ4v) is 2.27. The van der Waals surface area contributed by atoms with Crippen LogP contribution in [0.3, 0.4) is 0 Å². The van der Waals surface area contributed by atoms with E-state index in [1.54, 1.807) is 4.68 Å². The predicted octanol–water partition coefficient (Wildman–Crippen LogP) is 3.29. The Morgan fingerprint density at radius 1 is 1.40 bits per heavy atom. The lowest BCUT2D eigenvalue weighted by Crippen LogP contribution is -2.17. The van der Waals surface area contributed by atoms with Crippen molar-refractivity contribution >= 4 is 15.9 Å². The molecule has 0 atom stereocenters. The molecule has 2 rings (SSSR count). The Balaban J connectivity index is 2.42. The van der Waals surface area contributed by atoms with Crippen LogP contribution in [0.4, 0.5) is 4.39 Å². The third-order valence-corrected chi connectivity index (χ3v) is 4.20. The van der Waals surface area contributed by atoms with E-state index in [0.717, 1.165) is 34.4 Å². The van der Waals surface area contributed by atoms with Crippen molar-refractivity contribution in [2.24, 2.45) is 0 Å². The molecule has 0 unspecified atom stereocenters. The van der Waals surface area contributed by atoms with Gasteiger partial charge in [0.2, 0.25) is 0 Å². The second-order valence-corrected chi connectivity index (χ2v) is 5.50. The standard InChI is InChI=1S/C14H18BrFN4/c1-4-5-17-7-11-6-12(16)8-18-14(11)20-10(3)13(15)9(2)19-20/h6,8,17H,4-5,7H2,1-3H3. The third-order valence-electron chi connectivity index (χ3n) is 3.06. The number of rotatable bonds is 5. The second-order valence-electron chi connectivity index (χ2n) is 4.71. The van der Waals surface area contributed by atoms with Gasteiger partial charge in [0.25, 0.3) is 0 Å². The zero-order chi connectivity index (χ0) is 14.7. The highest BCUT2D eigenvalue weighted by Gasteiger charge is 2.15. The normalized spacial score (nSPS) is 11.1. The first-order valence-electron chi connectivity index (χ1n) is 6.61. The minimum atomic E-state index is -0.331. The largest absolute Gasteiger partial charge is 0.313 e. The van der Waals surface area contributed by atoms with Crippen molar-refractivity contribution < 1.29 is 4.39 Å². The number of hydrogen-bond donors (Lipinski definition) is 1. The van der Waals surface area contributed by atoms with Gasteiger partial charge >= 0.3 is 0 Å². The summed E-state index contributed by atoms with van der Waals surface area (Å²) in [6.45, 7) is 7.43. The van der Waals surface area contributed by atoms with Crippen LogP contribution < -0.4 is 5.32 Å². The summed E-state index contributed by atoms with van der Waals surface area (Å²) in [6.07, 6.45) is 2.26. The second kappa shape index (κ2) is 6.45. The number of aryl methyl sites for hydroxylation is 1. The van der Waals surface area contributed by atoms with E-state index < -0.39 is 0 Å². The van der Waals surface area contributed by atoms with Crippen LogP contribution in [-0.2, 0) is 6.54 Å². The monoisotopic (exact) mass is 340 g/mol. The molecule has 108 valence electrons. The van der Waals surface area contributed by atoms with E-state index in [4.69, 9.17) is 0 Å². The van der Waals surface area contributed by atoms with Crippen LogP contribution >= 0.6 is 15.9 Å². The molecule has 0 aromatic carbocycles. The Kier molecular flexibility index (Phi) is 4.88. The Morgan fingerprint density at radius 3 is 2.75 bits per heavy atom. The van der Waals surface area contributed by atoms with Gasteiger partial charge < -0.3 is 5.32 Å². The van der Waals surface area contributed by atoms with Crippen molar-refractivity contribution in [3.05, 3.63) is 39.5 Å². The van der Waals surface area contributed by atoms with Gasteiger partial charge in [0.1, 0.15) is 5.82 Å². The summed E-state index contributed by atoms with van der Waals surface area (Å²) < 4.78 is 16.1. The van der Waals surface area contributed by atoms with Gasteiger partial charge in [-0.05, 0) is 48.8 Å². The van der Waals surface area contributed by atoms with Gasteiger partial charge in [-0.3, -0.25) is 0 Å². The van der Waals surface area contributed by atoms with E-state index in [-0.39, 0.29) is 5.82 Å². The lowest BCUT2D eigenvalue weighted by molar-refractivity contribution is 0.606. The molecule has 0 spiro atoms. The van der Waals surface area contributed by atoms with Gasteiger partial charge in [-0.1, -0.05) is 6.92 Å². The summed E-state index contributed by atoms with van der Waals surface area (Å²) >= 11 is 3.50. The first kappa shape index (κ1) is 15.1. The summed E-state index contributed by atoms with van der Waals surface area (Å²) in [4.78, 5) is 4.21. The summed E-state index contributed by atoms with van der Waals surface area (Å²) in [7, 11) is 0. The van der Waals surface area contributed by atoms with Crippen molar-refractivity contribution in [2.45, 2.75) is 33.7 Å². The van der Waals surface area contributed by atoms with Crippen LogP contribution in [-0.4, -0.2) is 21.3 Å². The number of pyridine rings is 1. The molecular weight excluding hydrogens is 323 g/mol. The highest BCUT2D eigenvalue weighted by molar-refractivity contribution is 9.10. The van der Waals surface area contributed by atoms with Gasteiger partial charge in [-0.2, -0.15) is 5.10 Å². The quantitative estimate of drug-likeness (QED) is 0.849. The summed E-state index contributed by atoms with van der Waals surface area (Å²) in [6, 6.07) is 1.51. The van der Waals surface area contributed by atoms with Crippen molar-refractivity contribution in [1.82, 2.24) is 20.1 Å². The van der Waals surface area contributed by atoms with E-state index in [1.807, 2.05) is 13.8 Å². The molecule has 2 aromatic heterocycles. The summed E-state index contributed by atoms with van der Waals surface area (Å²) in [5.41, 5.74) is 2.65. The maximum absolute atomic E-state index is 13.4. The van der Waals surface area contributed by atoms with Crippen LogP contribution in [0, 0.1) is 19.7 Å². The molecule has 2 heterocycles. The number of aromatic nitrogens is 3. The SMILES string of the molecule is CCCNCc1cc(F)cnc1-n1nc(C)c(Br)c1C. The van der Waals surface area contributed by atoms with Crippen molar-refractivity contribution in [1.29, 1.82) is 0 Å².